The van der Waals surface area contributed by atoms with E-state index in [0.717, 1.165) is 6.42 Å². The van der Waals surface area contributed by atoms with Crippen molar-refractivity contribution in [1.29, 1.82) is 0 Å². The van der Waals surface area contributed by atoms with Crippen molar-refractivity contribution in [2.24, 2.45) is 11.1 Å². The Bertz CT molecular complexity index is 213. The standard InChI is InChI=1S/C13H28N2O2/c1-5-6-7-8-13(2,3)10-15-12(16)11(9-14)17-4/h11H,5-10,14H2,1-4H3,(H,15,16). The number of amides is 1. The molecule has 0 aliphatic rings. The maximum atomic E-state index is 11.7. The van der Waals surface area contributed by atoms with Gasteiger partial charge >= 0.3 is 0 Å². The third kappa shape index (κ3) is 7.34. The SMILES string of the molecule is CCCCCC(C)(C)CNC(=O)C(CN)OC. The van der Waals surface area contributed by atoms with Crippen LogP contribution in [-0.4, -0.2) is 32.2 Å². The van der Waals surface area contributed by atoms with Crippen molar-refractivity contribution in [3.05, 3.63) is 0 Å². The molecule has 0 saturated heterocycles. The van der Waals surface area contributed by atoms with E-state index in [4.69, 9.17) is 10.5 Å². The first kappa shape index (κ1) is 16.4. The zero-order valence-electron chi connectivity index (χ0n) is 11.7. The van der Waals surface area contributed by atoms with E-state index in [2.05, 4.69) is 26.1 Å². The highest BCUT2D eigenvalue weighted by atomic mass is 16.5. The van der Waals surface area contributed by atoms with Crippen molar-refractivity contribution in [2.75, 3.05) is 20.2 Å². The summed E-state index contributed by atoms with van der Waals surface area (Å²) in [6.07, 6.45) is 4.29. The van der Waals surface area contributed by atoms with E-state index in [9.17, 15) is 4.79 Å². The molecule has 1 atom stereocenters. The first-order valence-electron chi connectivity index (χ1n) is 6.47. The van der Waals surface area contributed by atoms with Crippen LogP contribution in [0.15, 0.2) is 0 Å². The van der Waals surface area contributed by atoms with Gasteiger partial charge in [0.15, 0.2) is 0 Å². The summed E-state index contributed by atoms with van der Waals surface area (Å²) in [5, 5.41) is 2.91. The van der Waals surface area contributed by atoms with Crippen LogP contribution in [0.2, 0.25) is 0 Å². The Morgan fingerprint density at radius 3 is 2.53 bits per heavy atom. The average Bonchev–Trinajstić information content (AvgIpc) is 2.28. The summed E-state index contributed by atoms with van der Waals surface area (Å²) in [7, 11) is 1.50. The first-order valence-corrected chi connectivity index (χ1v) is 6.47. The van der Waals surface area contributed by atoms with E-state index in [1.165, 1.54) is 26.4 Å². The van der Waals surface area contributed by atoms with Crippen LogP contribution in [0.5, 0.6) is 0 Å². The molecule has 0 heterocycles. The van der Waals surface area contributed by atoms with Gasteiger partial charge in [0, 0.05) is 20.2 Å². The minimum atomic E-state index is -0.526. The first-order chi connectivity index (χ1) is 7.96. The minimum Gasteiger partial charge on any atom is -0.370 e. The van der Waals surface area contributed by atoms with Crippen LogP contribution >= 0.6 is 0 Å². The van der Waals surface area contributed by atoms with Crippen molar-refractivity contribution in [3.8, 4) is 0 Å². The van der Waals surface area contributed by atoms with Crippen molar-refractivity contribution < 1.29 is 9.53 Å². The molecule has 0 aliphatic heterocycles. The lowest BCUT2D eigenvalue weighted by Crippen LogP contribution is -2.44. The molecule has 0 fully saturated rings. The molecule has 102 valence electrons. The van der Waals surface area contributed by atoms with Gasteiger partial charge in [0.2, 0.25) is 5.91 Å². The fraction of sp³-hybridized carbons (Fsp3) is 0.923. The summed E-state index contributed by atoms with van der Waals surface area (Å²) in [6, 6.07) is 0. The molecule has 0 aromatic carbocycles. The number of nitrogens with two attached hydrogens (primary N) is 1. The lowest BCUT2D eigenvalue weighted by atomic mass is 9.87. The fourth-order valence-corrected chi connectivity index (χ4v) is 1.69. The Labute approximate surface area is 105 Å². The van der Waals surface area contributed by atoms with Gasteiger partial charge in [-0.3, -0.25) is 4.79 Å². The quantitative estimate of drug-likeness (QED) is 0.607. The number of ether oxygens (including phenoxy) is 1. The molecule has 1 unspecified atom stereocenters. The summed E-state index contributed by atoms with van der Waals surface area (Å²) in [4.78, 5) is 11.7. The zero-order chi connectivity index (χ0) is 13.3. The maximum absolute atomic E-state index is 11.7. The predicted octanol–water partition coefficient (Wildman–Crippen LogP) is 1.68. The summed E-state index contributed by atoms with van der Waals surface area (Å²) in [5.74, 6) is -0.112. The van der Waals surface area contributed by atoms with Gasteiger partial charge in [-0.1, -0.05) is 40.0 Å². The second-order valence-corrected chi connectivity index (χ2v) is 5.30. The van der Waals surface area contributed by atoms with Crippen molar-refractivity contribution in [1.82, 2.24) is 5.32 Å². The molecule has 4 nitrogen and oxygen atoms in total. The molecule has 1 amide bonds. The largest absolute Gasteiger partial charge is 0.370 e. The third-order valence-corrected chi connectivity index (χ3v) is 2.99. The molecule has 0 bridgehead atoms. The highest BCUT2D eigenvalue weighted by molar-refractivity contribution is 5.81. The van der Waals surface area contributed by atoms with Crippen molar-refractivity contribution >= 4 is 5.91 Å². The molecule has 0 spiro atoms. The van der Waals surface area contributed by atoms with Gasteiger partial charge < -0.3 is 15.8 Å². The van der Waals surface area contributed by atoms with Crippen LogP contribution in [0.4, 0.5) is 0 Å². The number of rotatable bonds is 9. The smallest absolute Gasteiger partial charge is 0.250 e. The Kier molecular flexibility index (Phi) is 8.17. The monoisotopic (exact) mass is 244 g/mol. The molecule has 17 heavy (non-hydrogen) atoms. The molecule has 4 heteroatoms. The van der Waals surface area contributed by atoms with Crippen molar-refractivity contribution in [2.45, 2.75) is 52.6 Å². The lowest BCUT2D eigenvalue weighted by Gasteiger charge is -2.26. The van der Waals surface area contributed by atoms with E-state index in [-0.39, 0.29) is 17.9 Å². The molecular weight excluding hydrogens is 216 g/mol. The maximum Gasteiger partial charge on any atom is 0.250 e. The van der Waals surface area contributed by atoms with Gasteiger partial charge in [0.25, 0.3) is 0 Å². The molecule has 0 rings (SSSR count). The Balaban J connectivity index is 3.95. The van der Waals surface area contributed by atoms with Crippen LogP contribution in [0, 0.1) is 5.41 Å². The second-order valence-electron chi connectivity index (χ2n) is 5.30. The van der Waals surface area contributed by atoms with E-state index in [1.807, 2.05) is 0 Å². The van der Waals surface area contributed by atoms with Gasteiger partial charge in [-0.05, 0) is 11.8 Å². The van der Waals surface area contributed by atoms with E-state index in [0.29, 0.717) is 6.54 Å². The van der Waals surface area contributed by atoms with Gasteiger partial charge in [0.05, 0.1) is 0 Å². The predicted molar refractivity (Wildman–Crippen MR) is 70.8 cm³/mol. The summed E-state index contributed by atoms with van der Waals surface area (Å²) < 4.78 is 4.99. The highest BCUT2D eigenvalue weighted by Gasteiger charge is 2.21. The lowest BCUT2D eigenvalue weighted by molar-refractivity contribution is -0.130. The van der Waals surface area contributed by atoms with Crippen LogP contribution in [0.1, 0.15) is 46.5 Å². The van der Waals surface area contributed by atoms with Crippen molar-refractivity contribution in [3.63, 3.8) is 0 Å². The highest BCUT2D eigenvalue weighted by Crippen LogP contribution is 2.22. The number of hydrogen-bond donors (Lipinski definition) is 2. The van der Waals surface area contributed by atoms with Gasteiger partial charge in [0.1, 0.15) is 6.10 Å². The van der Waals surface area contributed by atoms with E-state index >= 15 is 0 Å². The number of nitrogens with one attached hydrogen (secondary N) is 1. The molecule has 0 radical (unpaired) electrons. The molecule has 0 aliphatic carbocycles. The van der Waals surface area contributed by atoms with Crippen LogP contribution in [0.3, 0.4) is 0 Å². The summed E-state index contributed by atoms with van der Waals surface area (Å²) in [5.41, 5.74) is 5.57. The van der Waals surface area contributed by atoms with E-state index < -0.39 is 6.10 Å². The molecule has 0 aromatic heterocycles. The normalized spacial score (nSPS) is 13.5. The molecule has 0 aromatic rings. The number of carbonyl (C=O) groups excluding carboxylic acids is 1. The molecule has 0 saturated carbocycles. The van der Waals surface area contributed by atoms with E-state index in [1.54, 1.807) is 0 Å². The van der Waals surface area contributed by atoms with Crippen LogP contribution in [-0.2, 0) is 9.53 Å². The van der Waals surface area contributed by atoms with Gasteiger partial charge in [-0.25, -0.2) is 0 Å². The third-order valence-electron chi connectivity index (χ3n) is 2.99. The number of carbonyl (C=O) groups is 1. The zero-order valence-corrected chi connectivity index (χ0v) is 11.7. The Morgan fingerprint density at radius 2 is 2.06 bits per heavy atom. The van der Waals surface area contributed by atoms with Crippen LogP contribution in [0.25, 0.3) is 0 Å². The number of hydrogen-bond acceptors (Lipinski definition) is 3. The Hall–Kier alpha value is -0.610. The molecular formula is C13H28N2O2. The number of unbranched alkanes of at least 4 members (excludes halogenated alkanes) is 2. The fourth-order valence-electron chi connectivity index (χ4n) is 1.69. The summed E-state index contributed by atoms with van der Waals surface area (Å²) in [6.45, 7) is 7.44. The topological polar surface area (TPSA) is 64.4 Å². The molecule has 3 N–H and O–H groups in total. The summed E-state index contributed by atoms with van der Waals surface area (Å²) >= 11 is 0. The number of methoxy groups -OCH3 is 1. The Morgan fingerprint density at radius 1 is 1.41 bits per heavy atom. The van der Waals surface area contributed by atoms with Crippen LogP contribution < -0.4 is 11.1 Å². The minimum absolute atomic E-state index is 0.112. The van der Waals surface area contributed by atoms with Gasteiger partial charge in [-0.2, -0.15) is 0 Å². The van der Waals surface area contributed by atoms with Gasteiger partial charge in [-0.15, -0.1) is 0 Å². The second kappa shape index (κ2) is 8.48. The average molecular weight is 244 g/mol.